The largest absolute Gasteiger partial charge is 0.619 e. The Bertz CT molecular complexity index is 1000. The molecule has 1 N–H and O–H groups in total. The van der Waals surface area contributed by atoms with E-state index in [2.05, 4.69) is 10.3 Å². The number of hydrogen-bond donors (Lipinski definition) is 1. The molecule has 1 aromatic carbocycles. The second kappa shape index (κ2) is 14.3. The molecule has 1 amide bonds. The Hall–Kier alpha value is -3.74. The lowest BCUT2D eigenvalue weighted by Crippen LogP contribution is -2.24. The summed E-state index contributed by atoms with van der Waals surface area (Å²) in [4.78, 5) is 26.8. The first-order valence-electron chi connectivity index (χ1n) is 11.0. The summed E-state index contributed by atoms with van der Waals surface area (Å²) in [5.74, 6) is 0.689. The Morgan fingerprint density at radius 3 is 2.24 bits per heavy atom. The van der Waals surface area contributed by atoms with Crippen LogP contribution < -0.4 is 14.8 Å². The van der Waals surface area contributed by atoms with Crippen LogP contribution >= 0.6 is 0 Å². The molecule has 0 aliphatic rings. The van der Waals surface area contributed by atoms with E-state index in [1.807, 2.05) is 45.9 Å². The minimum Gasteiger partial charge on any atom is -0.619 e. The molecule has 0 fully saturated rings. The number of aldehydes is 1. The maximum Gasteiger partial charge on any atom is 0.222 e. The van der Waals surface area contributed by atoms with E-state index in [1.165, 1.54) is 26.4 Å². The van der Waals surface area contributed by atoms with Gasteiger partial charge < -0.3 is 15.3 Å². The van der Waals surface area contributed by atoms with E-state index in [-0.39, 0.29) is 11.8 Å². The maximum absolute atomic E-state index is 11.3. The van der Waals surface area contributed by atoms with Gasteiger partial charge >= 0.3 is 0 Å². The summed E-state index contributed by atoms with van der Waals surface area (Å²) < 4.78 is 6.09. The van der Waals surface area contributed by atoms with E-state index in [0.29, 0.717) is 23.6 Å². The smallest absolute Gasteiger partial charge is 0.222 e. The Morgan fingerprint density at radius 2 is 1.73 bits per heavy atom. The van der Waals surface area contributed by atoms with Crippen molar-refractivity contribution in [1.82, 2.24) is 4.98 Å². The quantitative estimate of drug-likeness (QED) is 0.312. The fraction of sp³-hybridized carbons (Fsp3) is 0.308. The SMILES string of the molecule is CC.CC.COc1cc(C(Cc2cc[n+]([O-])cc2)c2ccc(NC(C)=O)nc2)ccc1C=O. The molecule has 1 unspecified atom stereocenters. The van der Waals surface area contributed by atoms with Gasteiger partial charge in [-0.15, -0.1) is 0 Å². The van der Waals surface area contributed by atoms with Crippen LogP contribution in [-0.4, -0.2) is 24.3 Å². The van der Waals surface area contributed by atoms with E-state index < -0.39 is 0 Å². The van der Waals surface area contributed by atoms with E-state index >= 15 is 0 Å². The van der Waals surface area contributed by atoms with Gasteiger partial charge in [0.2, 0.25) is 5.91 Å². The monoisotopic (exact) mass is 451 g/mol. The van der Waals surface area contributed by atoms with Gasteiger partial charge in [-0.05, 0) is 41.3 Å². The third kappa shape index (κ3) is 8.03. The van der Waals surface area contributed by atoms with E-state index in [0.717, 1.165) is 27.7 Å². The Labute approximate surface area is 196 Å². The van der Waals surface area contributed by atoms with Crippen LogP contribution in [0.1, 0.15) is 67.6 Å². The van der Waals surface area contributed by atoms with Crippen molar-refractivity contribution in [1.29, 1.82) is 0 Å². The van der Waals surface area contributed by atoms with Crippen LogP contribution in [0.15, 0.2) is 61.1 Å². The van der Waals surface area contributed by atoms with Crippen LogP contribution in [0.3, 0.4) is 0 Å². The molecule has 0 spiro atoms. The van der Waals surface area contributed by atoms with Crippen LogP contribution in [0.2, 0.25) is 0 Å². The van der Waals surface area contributed by atoms with Crippen LogP contribution in [0, 0.1) is 5.21 Å². The molecule has 1 atom stereocenters. The highest BCUT2D eigenvalue weighted by Crippen LogP contribution is 2.32. The zero-order valence-electron chi connectivity index (χ0n) is 20.2. The van der Waals surface area contributed by atoms with Crippen molar-refractivity contribution in [3.8, 4) is 5.75 Å². The minimum absolute atomic E-state index is 0.0917. The normalized spacial score (nSPS) is 10.5. The summed E-state index contributed by atoms with van der Waals surface area (Å²) in [6, 6.07) is 12.6. The average molecular weight is 452 g/mol. The van der Waals surface area contributed by atoms with Crippen LogP contribution in [-0.2, 0) is 11.2 Å². The number of amides is 1. The maximum atomic E-state index is 11.3. The Kier molecular flexibility index (Phi) is 11.9. The molecule has 7 nitrogen and oxygen atoms in total. The van der Waals surface area contributed by atoms with Gasteiger partial charge in [0.1, 0.15) is 11.6 Å². The zero-order valence-corrected chi connectivity index (χ0v) is 20.2. The fourth-order valence-electron chi connectivity index (χ4n) is 3.15. The number of nitrogens with one attached hydrogen (secondary N) is 1. The van der Waals surface area contributed by atoms with Gasteiger partial charge in [-0.25, -0.2) is 4.98 Å². The molecular weight excluding hydrogens is 418 g/mol. The van der Waals surface area contributed by atoms with Gasteiger partial charge in [-0.2, -0.15) is 4.73 Å². The number of hydrogen-bond acceptors (Lipinski definition) is 5. The summed E-state index contributed by atoms with van der Waals surface area (Å²) in [7, 11) is 1.52. The molecule has 0 saturated heterocycles. The molecule has 0 aliphatic carbocycles. The number of nitrogens with zero attached hydrogens (tertiary/aromatic N) is 2. The standard InChI is InChI=1S/C22H21N3O4.2C2H6/c1-15(27)24-22-6-5-18(13-23-22)20(11-16-7-9-25(28)10-8-16)17-3-4-19(14-26)21(12-17)29-2;2*1-2/h3-10,12-14,20H,11H2,1-2H3,(H,23,24,27);2*1-2H3. The highest BCUT2D eigenvalue weighted by molar-refractivity contribution is 5.87. The zero-order chi connectivity index (χ0) is 24.8. The van der Waals surface area contributed by atoms with Crippen molar-refractivity contribution >= 4 is 18.0 Å². The summed E-state index contributed by atoms with van der Waals surface area (Å²) in [6.07, 6.45) is 6.01. The first-order valence-corrected chi connectivity index (χ1v) is 11.0. The minimum atomic E-state index is -0.189. The lowest BCUT2D eigenvalue weighted by atomic mass is 9.86. The van der Waals surface area contributed by atoms with Crippen LogP contribution in [0.5, 0.6) is 5.75 Å². The number of aromatic nitrogens is 2. The van der Waals surface area contributed by atoms with Crippen molar-refractivity contribution in [2.45, 2.75) is 47.0 Å². The topological polar surface area (TPSA) is 95.2 Å². The second-order valence-electron chi connectivity index (χ2n) is 6.60. The van der Waals surface area contributed by atoms with Crippen molar-refractivity contribution in [2.75, 3.05) is 12.4 Å². The van der Waals surface area contributed by atoms with Gasteiger partial charge in [-0.3, -0.25) is 9.59 Å². The number of pyridine rings is 2. The number of ether oxygens (including phenoxy) is 1. The molecule has 3 aromatic rings. The third-order valence-corrected chi connectivity index (χ3v) is 4.59. The second-order valence-corrected chi connectivity index (χ2v) is 6.60. The van der Waals surface area contributed by atoms with Crippen LogP contribution in [0.4, 0.5) is 5.82 Å². The van der Waals surface area contributed by atoms with E-state index in [4.69, 9.17) is 4.74 Å². The first-order chi connectivity index (χ1) is 16.0. The molecule has 0 aliphatic heterocycles. The first kappa shape index (κ1) is 27.3. The summed E-state index contributed by atoms with van der Waals surface area (Å²) >= 11 is 0. The van der Waals surface area contributed by atoms with Gasteiger partial charge in [0, 0.05) is 31.2 Å². The van der Waals surface area contributed by atoms with Crippen molar-refractivity contribution in [2.24, 2.45) is 0 Å². The molecule has 0 bridgehead atoms. The van der Waals surface area contributed by atoms with Crippen LogP contribution in [0.25, 0.3) is 0 Å². The number of anilines is 1. The molecule has 0 saturated carbocycles. The molecule has 2 aromatic heterocycles. The average Bonchev–Trinajstić information content (AvgIpc) is 2.86. The highest BCUT2D eigenvalue weighted by atomic mass is 16.5. The predicted molar refractivity (Wildman–Crippen MR) is 131 cm³/mol. The van der Waals surface area contributed by atoms with Gasteiger partial charge in [0.05, 0.1) is 12.7 Å². The molecular formula is C26H33N3O4. The summed E-state index contributed by atoms with van der Waals surface area (Å²) in [6.45, 7) is 9.43. The predicted octanol–water partition coefficient (Wildman–Crippen LogP) is 4.92. The van der Waals surface area contributed by atoms with Crippen molar-refractivity contribution < 1.29 is 19.1 Å². The number of carbonyl (C=O) groups is 2. The van der Waals surface area contributed by atoms with E-state index in [9.17, 15) is 14.8 Å². The van der Waals surface area contributed by atoms with Gasteiger partial charge in [0.15, 0.2) is 18.7 Å². The van der Waals surface area contributed by atoms with Crippen molar-refractivity contribution in [3.63, 3.8) is 0 Å². The molecule has 3 rings (SSSR count). The third-order valence-electron chi connectivity index (χ3n) is 4.59. The lowest BCUT2D eigenvalue weighted by Gasteiger charge is -2.19. The number of benzene rings is 1. The number of rotatable bonds is 7. The molecule has 33 heavy (non-hydrogen) atoms. The Balaban J connectivity index is 0.00000129. The lowest BCUT2D eigenvalue weighted by molar-refractivity contribution is -0.605. The number of methoxy groups -OCH3 is 1. The van der Waals surface area contributed by atoms with Gasteiger partial charge in [-0.1, -0.05) is 39.8 Å². The fourth-order valence-corrected chi connectivity index (χ4v) is 3.15. The van der Waals surface area contributed by atoms with Gasteiger partial charge in [0.25, 0.3) is 0 Å². The molecule has 2 heterocycles. The van der Waals surface area contributed by atoms with E-state index in [1.54, 1.807) is 30.5 Å². The molecule has 7 heteroatoms. The molecule has 0 radical (unpaired) electrons. The summed E-state index contributed by atoms with van der Waals surface area (Å²) in [5.41, 5.74) is 3.33. The number of carbonyl (C=O) groups excluding carboxylic acids is 2. The Morgan fingerprint density at radius 1 is 1.09 bits per heavy atom. The molecule has 176 valence electrons. The van der Waals surface area contributed by atoms with Crippen molar-refractivity contribution in [3.05, 3.63) is 88.5 Å². The highest BCUT2D eigenvalue weighted by Gasteiger charge is 2.18. The summed E-state index contributed by atoms with van der Waals surface area (Å²) in [5, 5.41) is 14.0.